The number of rotatable bonds is 3. The molecule has 0 bridgehead atoms. The second-order valence-corrected chi connectivity index (χ2v) is 2.45. The summed E-state index contributed by atoms with van der Waals surface area (Å²) >= 11 is 1.34. The van der Waals surface area contributed by atoms with Gasteiger partial charge in [-0.1, -0.05) is 0 Å². The maximum Gasteiger partial charge on any atom is 0.202 e. The van der Waals surface area contributed by atoms with E-state index in [2.05, 4.69) is 14.7 Å². The summed E-state index contributed by atoms with van der Waals surface area (Å²) in [6.07, 6.45) is 0. The zero-order valence-corrected chi connectivity index (χ0v) is 6.73. The standard InChI is InChI=1S/C5H9N3OS/c1-6-5-7-4(3-9-2)8-10-5/h3H2,1-2H3,(H,6,7,8). The molecule has 0 aliphatic heterocycles. The van der Waals surface area contributed by atoms with Gasteiger partial charge >= 0.3 is 0 Å². The lowest BCUT2D eigenvalue weighted by molar-refractivity contribution is 0.179. The van der Waals surface area contributed by atoms with E-state index >= 15 is 0 Å². The van der Waals surface area contributed by atoms with Gasteiger partial charge < -0.3 is 10.1 Å². The first kappa shape index (κ1) is 7.43. The molecular weight excluding hydrogens is 150 g/mol. The zero-order valence-electron chi connectivity index (χ0n) is 5.92. The van der Waals surface area contributed by atoms with Gasteiger partial charge in [-0.25, -0.2) is 4.98 Å². The summed E-state index contributed by atoms with van der Waals surface area (Å²) < 4.78 is 8.86. The molecule has 0 aromatic carbocycles. The van der Waals surface area contributed by atoms with Gasteiger partial charge in [0.25, 0.3) is 0 Å². The van der Waals surface area contributed by atoms with Crippen LogP contribution in [0.15, 0.2) is 0 Å². The Balaban J connectivity index is 2.59. The number of nitrogens with one attached hydrogen (secondary N) is 1. The highest BCUT2D eigenvalue weighted by atomic mass is 32.1. The van der Waals surface area contributed by atoms with E-state index in [0.717, 1.165) is 11.0 Å². The number of hydrogen-bond acceptors (Lipinski definition) is 5. The van der Waals surface area contributed by atoms with E-state index in [0.29, 0.717) is 6.61 Å². The fourth-order valence-corrected chi connectivity index (χ4v) is 1.07. The van der Waals surface area contributed by atoms with Crippen LogP contribution in [0.4, 0.5) is 5.13 Å². The Bertz CT molecular complexity index is 201. The minimum absolute atomic E-state index is 0.484. The highest BCUT2D eigenvalue weighted by Crippen LogP contribution is 2.09. The van der Waals surface area contributed by atoms with Crippen LogP contribution in [0, 0.1) is 0 Å². The van der Waals surface area contributed by atoms with Crippen LogP contribution in [0.3, 0.4) is 0 Å². The van der Waals surface area contributed by atoms with Crippen LogP contribution < -0.4 is 5.32 Å². The minimum atomic E-state index is 0.484. The predicted molar refractivity (Wildman–Crippen MR) is 40.2 cm³/mol. The third-order valence-electron chi connectivity index (χ3n) is 0.955. The Labute approximate surface area is 63.4 Å². The van der Waals surface area contributed by atoms with E-state index < -0.39 is 0 Å². The van der Waals surface area contributed by atoms with Crippen molar-refractivity contribution in [2.45, 2.75) is 6.61 Å². The van der Waals surface area contributed by atoms with Crippen molar-refractivity contribution in [3.63, 3.8) is 0 Å². The Morgan fingerprint density at radius 2 is 2.50 bits per heavy atom. The van der Waals surface area contributed by atoms with Crippen molar-refractivity contribution >= 4 is 16.7 Å². The Kier molecular flexibility index (Phi) is 2.58. The van der Waals surface area contributed by atoms with Crippen LogP contribution in [-0.4, -0.2) is 23.5 Å². The molecule has 0 amide bonds. The predicted octanol–water partition coefficient (Wildman–Crippen LogP) is 0.726. The topological polar surface area (TPSA) is 47.0 Å². The fraction of sp³-hybridized carbons (Fsp3) is 0.600. The SMILES string of the molecule is CNc1nc(COC)ns1. The van der Waals surface area contributed by atoms with Crippen LogP contribution in [0.2, 0.25) is 0 Å². The van der Waals surface area contributed by atoms with E-state index in [1.165, 1.54) is 11.5 Å². The first-order valence-electron chi connectivity index (χ1n) is 2.86. The Morgan fingerprint density at radius 3 is 3.00 bits per heavy atom. The van der Waals surface area contributed by atoms with Gasteiger partial charge in [-0.3, -0.25) is 0 Å². The molecule has 0 unspecified atom stereocenters. The second-order valence-electron chi connectivity index (χ2n) is 1.70. The zero-order chi connectivity index (χ0) is 7.40. The van der Waals surface area contributed by atoms with Gasteiger partial charge in [0.15, 0.2) is 5.82 Å². The number of nitrogens with zero attached hydrogens (tertiary/aromatic N) is 2. The quantitative estimate of drug-likeness (QED) is 0.706. The first-order valence-corrected chi connectivity index (χ1v) is 3.63. The third-order valence-corrected chi connectivity index (χ3v) is 1.73. The molecule has 10 heavy (non-hydrogen) atoms. The Hall–Kier alpha value is -0.680. The average Bonchev–Trinajstić information content (AvgIpc) is 2.37. The maximum atomic E-state index is 4.84. The molecule has 1 aromatic rings. The van der Waals surface area contributed by atoms with Gasteiger partial charge in [0.2, 0.25) is 5.13 Å². The molecule has 0 saturated heterocycles. The fourth-order valence-electron chi connectivity index (χ4n) is 0.543. The molecule has 0 spiro atoms. The summed E-state index contributed by atoms with van der Waals surface area (Å²) in [5.74, 6) is 0.733. The summed E-state index contributed by atoms with van der Waals surface area (Å²) in [7, 11) is 3.44. The van der Waals surface area contributed by atoms with Crippen LogP contribution in [0.5, 0.6) is 0 Å². The Morgan fingerprint density at radius 1 is 1.70 bits per heavy atom. The molecule has 1 aromatic heterocycles. The van der Waals surface area contributed by atoms with E-state index in [9.17, 15) is 0 Å². The van der Waals surface area contributed by atoms with Crippen LogP contribution in [0.25, 0.3) is 0 Å². The number of methoxy groups -OCH3 is 1. The molecule has 1 N–H and O–H groups in total. The molecule has 56 valence electrons. The molecule has 0 atom stereocenters. The molecule has 0 saturated carbocycles. The van der Waals surface area contributed by atoms with E-state index in [-0.39, 0.29) is 0 Å². The normalized spacial score (nSPS) is 9.80. The van der Waals surface area contributed by atoms with Gasteiger partial charge in [0, 0.05) is 25.7 Å². The van der Waals surface area contributed by atoms with Crippen molar-refractivity contribution in [1.82, 2.24) is 9.36 Å². The van der Waals surface area contributed by atoms with E-state index in [4.69, 9.17) is 4.74 Å². The molecule has 0 fully saturated rings. The second kappa shape index (κ2) is 3.48. The largest absolute Gasteiger partial charge is 0.377 e. The van der Waals surface area contributed by atoms with Crippen LogP contribution in [-0.2, 0) is 11.3 Å². The molecule has 4 nitrogen and oxygen atoms in total. The van der Waals surface area contributed by atoms with Crippen molar-refractivity contribution in [3.8, 4) is 0 Å². The molecule has 0 radical (unpaired) electrons. The average molecular weight is 159 g/mol. The summed E-state index contributed by atoms with van der Waals surface area (Å²) in [5, 5.41) is 3.72. The summed E-state index contributed by atoms with van der Waals surface area (Å²) in [6.45, 7) is 0.484. The van der Waals surface area contributed by atoms with Gasteiger partial charge in [-0.05, 0) is 0 Å². The lowest BCUT2D eigenvalue weighted by atomic mass is 10.7. The molecular formula is C5H9N3OS. The van der Waals surface area contributed by atoms with Crippen molar-refractivity contribution in [3.05, 3.63) is 5.82 Å². The molecule has 5 heteroatoms. The number of anilines is 1. The molecule has 1 heterocycles. The number of aromatic nitrogens is 2. The first-order chi connectivity index (χ1) is 4.86. The summed E-state index contributed by atoms with van der Waals surface area (Å²) in [6, 6.07) is 0. The highest BCUT2D eigenvalue weighted by Gasteiger charge is 1.99. The number of ether oxygens (including phenoxy) is 1. The van der Waals surface area contributed by atoms with E-state index in [1.807, 2.05) is 7.05 Å². The van der Waals surface area contributed by atoms with Gasteiger partial charge in [0.05, 0.1) is 0 Å². The van der Waals surface area contributed by atoms with Crippen molar-refractivity contribution in [1.29, 1.82) is 0 Å². The minimum Gasteiger partial charge on any atom is -0.377 e. The number of hydrogen-bond donors (Lipinski definition) is 1. The lowest BCUT2D eigenvalue weighted by Gasteiger charge is -1.88. The molecule has 0 aliphatic carbocycles. The monoisotopic (exact) mass is 159 g/mol. The van der Waals surface area contributed by atoms with Crippen LogP contribution in [0.1, 0.15) is 5.82 Å². The van der Waals surface area contributed by atoms with Gasteiger partial charge in [-0.15, -0.1) is 0 Å². The molecule has 0 aliphatic rings. The van der Waals surface area contributed by atoms with Crippen LogP contribution >= 0.6 is 11.5 Å². The van der Waals surface area contributed by atoms with Gasteiger partial charge in [0.1, 0.15) is 6.61 Å². The van der Waals surface area contributed by atoms with Gasteiger partial charge in [-0.2, -0.15) is 4.37 Å². The molecule has 1 rings (SSSR count). The third kappa shape index (κ3) is 1.65. The smallest absolute Gasteiger partial charge is 0.202 e. The van der Waals surface area contributed by atoms with Crippen molar-refractivity contribution in [2.75, 3.05) is 19.5 Å². The summed E-state index contributed by atoms with van der Waals surface area (Å²) in [4.78, 5) is 4.09. The van der Waals surface area contributed by atoms with Crippen molar-refractivity contribution < 1.29 is 4.74 Å². The summed E-state index contributed by atoms with van der Waals surface area (Å²) in [5.41, 5.74) is 0. The maximum absolute atomic E-state index is 4.84. The van der Waals surface area contributed by atoms with E-state index in [1.54, 1.807) is 7.11 Å². The van der Waals surface area contributed by atoms with Crippen molar-refractivity contribution in [2.24, 2.45) is 0 Å². The lowest BCUT2D eigenvalue weighted by Crippen LogP contribution is -1.91. The highest BCUT2D eigenvalue weighted by molar-refractivity contribution is 7.09.